The summed E-state index contributed by atoms with van der Waals surface area (Å²) in [4.78, 5) is 15.8. The van der Waals surface area contributed by atoms with Crippen molar-refractivity contribution in [2.45, 2.75) is 38.6 Å². The number of carbonyl (C=O) groups excluding carboxylic acids is 1. The highest BCUT2D eigenvalue weighted by molar-refractivity contribution is 5.80. The summed E-state index contributed by atoms with van der Waals surface area (Å²) >= 11 is 0. The summed E-state index contributed by atoms with van der Waals surface area (Å²) < 4.78 is 1.81. The van der Waals surface area contributed by atoms with Gasteiger partial charge in [-0.3, -0.25) is 4.79 Å². The van der Waals surface area contributed by atoms with Crippen LogP contribution in [0.5, 0.6) is 0 Å². The first-order valence-corrected chi connectivity index (χ1v) is 6.20. The summed E-state index contributed by atoms with van der Waals surface area (Å²) in [7, 11) is 0. The van der Waals surface area contributed by atoms with Crippen molar-refractivity contribution in [3.63, 3.8) is 0 Å². The maximum absolute atomic E-state index is 11.9. The molecule has 0 saturated carbocycles. The normalized spacial score (nSPS) is 17.4. The summed E-state index contributed by atoms with van der Waals surface area (Å²) in [5, 5.41) is 2.98. The Balaban J connectivity index is 1.83. The fourth-order valence-electron chi connectivity index (χ4n) is 2.05. The molecule has 1 aliphatic carbocycles. The second-order valence-corrected chi connectivity index (χ2v) is 4.51. The van der Waals surface area contributed by atoms with Gasteiger partial charge >= 0.3 is 0 Å². The summed E-state index contributed by atoms with van der Waals surface area (Å²) in [6, 6.07) is -0.193. The molecule has 0 spiro atoms. The van der Waals surface area contributed by atoms with Crippen LogP contribution < -0.4 is 5.32 Å². The van der Waals surface area contributed by atoms with Gasteiger partial charge in [0.2, 0.25) is 5.91 Å². The fourth-order valence-corrected chi connectivity index (χ4v) is 2.05. The van der Waals surface area contributed by atoms with Crippen molar-refractivity contribution in [3.05, 3.63) is 30.4 Å². The molecule has 1 aromatic rings. The van der Waals surface area contributed by atoms with Gasteiger partial charge in [0.15, 0.2) is 0 Å². The largest absolute Gasteiger partial charge is 0.351 e. The third-order valence-electron chi connectivity index (χ3n) is 3.23. The number of carbonyl (C=O) groups is 1. The molecule has 2 rings (SSSR count). The molecule has 1 heterocycles. The Morgan fingerprint density at radius 1 is 1.59 bits per heavy atom. The molecule has 0 radical (unpaired) electrons. The molecule has 1 aromatic heterocycles. The van der Waals surface area contributed by atoms with Gasteiger partial charge in [-0.2, -0.15) is 0 Å². The number of aromatic nitrogens is 2. The van der Waals surface area contributed by atoms with E-state index in [0.29, 0.717) is 6.54 Å². The minimum Gasteiger partial charge on any atom is -0.351 e. The van der Waals surface area contributed by atoms with Gasteiger partial charge in [0.1, 0.15) is 6.04 Å². The van der Waals surface area contributed by atoms with Crippen molar-refractivity contribution in [2.75, 3.05) is 6.54 Å². The predicted molar refractivity (Wildman–Crippen MR) is 66.5 cm³/mol. The van der Waals surface area contributed by atoms with E-state index < -0.39 is 0 Å². The lowest BCUT2D eigenvalue weighted by atomic mass is 10.00. The average Bonchev–Trinajstić information content (AvgIpc) is 2.90. The highest BCUT2D eigenvalue weighted by atomic mass is 16.2. The number of allylic oxidation sites excluding steroid dienone is 1. The van der Waals surface area contributed by atoms with Crippen molar-refractivity contribution in [3.8, 4) is 0 Å². The Morgan fingerprint density at radius 3 is 3.12 bits per heavy atom. The van der Waals surface area contributed by atoms with Crippen LogP contribution in [0.1, 0.15) is 38.6 Å². The minimum absolute atomic E-state index is 0.0504. The first-order chi connectivity index (χ1) is 8.27. The average molecular weight is 233 g/mol. The highest BCUT2D eigenvalue weighted by Crippen LogP contribution is 2.16. The van der Waals surface area contributed by atoms with Gasteiger partial charge < -0.3 is 9.88 Å². The molecule has 1 aliphatic rings. The van der Waals surface area contributed by atoms with Crippen LogP contribution in [0.15, 0.2) is 30.4 Å². The summed E-state index contributed by atoms with van der Waals surface area (Å²) in [6.07, 6.45) is 12.2. The molecular formula is C13H19N3O. The van der Waals surface area contributed by atoms with Crippen molar-refractivity contribution in [2.24, 2.45) is 0 Å². The standard InChI is InChI=1S/C13H19N3O/c1-11(16-8-7-14-10-16)13(17)15-9-12-5-3-2-4-6-12/h5,7-8,10-11H,2-4,6,9H2,1H3,(H,15,17). The smallest absolute Gasteiger partial charge is 0.243 e. The zero-order chi connectivity index (χ0) is 12.1. The van der Waals surface area contributed by atoms with E-state index in [1.54, 1.807) is 12.5 Å². The van der Waals surface area contributed by atoms with Gasteiger partial charge in [-0.05, 0) is 32.6 Å². The van der Waals surface area contributed by atoms with Crippen LogP contribution in [-0.4, -0.2) is 22.0 Å². The number of rotatable bonds is 4. The highest BCUT2D eigenvalue weighted by Gasteiger charge is 2.14. The number of nitrogens with zero attached hydrogens (tertiary/aromatic N) is 2. The van der Waals surface area contributed by atoms with Gasteiger partial charge in [0.25, 0.3) is 0 Å². The third kappa shape index (κ3) is 3.19. The number of amides is 1. The van der Waals surface area contributed by atoms with E-state index in [2.05, 4.69) is 16.4 Å². The SMILES string of the molecule is CC(C(=O)NCC1=CCCCC1)n1ccnc1. The van der Waals surface area contributed by atoms with Crippen LogP contribution in [0.25, 0.3) is 0 Å². The zero-order valence-corrected chi connectivity index (χ0v) is 10.2. The Bertz CT molecular complexity index is 395. The van der Waals surface area contributed by atoms with Crippen LogP contribution >= 0.6 is 0 Å². The molecule has 1 unspecified atom stereocenters. The fraction of sp³-hybridized carbons (Fsp3) is 0.538. The Hall–Kier alpha value is -1.58. The van der Waals surface area contributed by atoms with Crippen LogP contribution in [0.4, 0.5) is 0 Å². The second kappa shape index (κ2) is 5.66. The minimum atomic E-state index is -0.193. The first-order valence-electron chi connectivity index (χ1n) is 6.20. The molecule has 4 heteroatoms. The molecule has 1 N–H and O–H groups in total. The van der Waals surface area contributed by atoms with Crippen molar-refractivity contribution in [1.29, 1.82) is 0 Å². The number of nitrogens with one attached hydrogen (secondary N) is 1. The van der Waals surface area contributed by atoms with E-state index in [-0.39, 0.29) is 11.9 Å². The van der Waals surface area contributed by atoms with E-state index in [1.807, 2.05) is 17.7 Å². The van der Waals surface area contributed by atoms with E-state index >= 15 is 0 Å². The van der Waals surface area contributed by atoms with Crippen LogP contribution in [0.2, 0.25) is 0 Å². The maximum Gasteiger partial charge on any atom is 0.243 e. The topological polar surface area (TPSA) is 46.9 Å². The van der Waals surface area contributed by atoms with Crippen molar-refractivity contribution in [1.82, 2.24) is 14.9 Å². The monoisotopic (exact) mass is 233 g/mol. The molecule has 92 valence electrons. The molecule has 0 aliphatic heterocycles. The van der Waals surface area contributed by atoms with Crippen molar-refractivity contribution < 1.29 is 4.79 Å². The first kappa shape index (κ1) is 11.9. The van der Waals surface area contributed by atoms with E-state index in [4.69, 9.17) is 0 Å². The van der Waals surface area contributed by atoms with Gasteiger partial charge in [-0.15, -0.1) is 0 Å². The van der Waals surface area contributed by atoms with Gasteiger partial charge in [-0.1, -0.05) is 11.6 Å². The van der Waals surface area contributed by atoms with E-state index in [9.17, 15) is 4.79 Å². The lowest BCUT2D eigenvalue weighted by molar-refractivity contribution is -0.123. The van der Waals surface area contributed by atoms with Gasteiger partial charge in [0.05, 0.1) is 6.33 Å². The quantitative estimate of drug-likeness (QED) is 0.809. The maximum atomic E-state index is 11.9. The lowest BCUT2D eigenvalue weighted by Gasteiger charge is -2.16. The predicted octanol–water partition coefficient (Wildman–Crippen LogP) is 2.06. The van der Waals surface area contributed by atoms with Crippen LogP contribution in [-0.2, 0) is 4.79 Å². The van der Waals surface area contributed by atoms with E-state index in [1.165, 1.54) is 18.4 Å². The molecule has 17 heavy (non-hydrogen) atoms. The summed E-state index contributed by atoms with van der Waals surface area (Å²) in [5.41, 5.74) is 1.36. The molecule has 0 bridgehead atoms. The number of imidazole rings is 1. The van der Waals surface area contributed by atoms with Gasteiger partial charge in [-0.25, -0.2) is 4.98 Å². The lowest BCUT2D eigenvalue weighted by Crippen LogP contribution is -2.32. The zero-order valence-electron chi connectivity index (χ0n) is 10.2. The third-order valence-corrected chi connectivity index (χ3v) is 3.23. The molecule has 0 aromatic carbocycles. The number of hydrogen-bond donors (Lipinski definition) is 1. The summed E-state index contributed by atoms with van der Waals surface area (Å²) in [6.45, 7) is 2.57. The van der Waals surface area contributed by atoms with Gasteiger partial charge in [0, 0.05) is 18.9 Å². The molecule has 1 atom stereocenters. The molecule has 0 saturated heterocycles. The molecule has 4 nitrogen and oxygen atoms in total. The molecular weight excluding hydrogens is 214 g/mol. The van der Waals surface area contributed by atoms with E-state index in [0.717, 1.165) is 12.8 Å². The van der Waals surface area contributed by atoms with Crippen molar-refractivity contribution >= 4 is 5.91 Å². The molecule has 0 fully saturated rings. The Labute approximate surface area is 102 Å². The Morgan fingerprint density at radius 2 is 2.47 bits per heavy atom. The Kier molecular flexibility index (Phi) is 3.96. The second-order valence-electron chi connectivity index (χ2n) is 4.51. The summed E-state index contributed by atoms with van der Waals surface area (Å²) in [5.74, 6) is 0.0504. The van der Waals surface area contributed by atoms with Crippen LogP contribution in [0, 0.1) is 0 Å². The van der Waals surface area contributed by atoms with Crippen LogP contribution in [0.3, 0.4) is 0 Å². The molecule has 1 amide bonds. The number of hydrogen-bond acceptors (Lipinski definition) is 2.